The van der Waals surface area contributed by atoms with E-state index in [9.17, 15) is 19.8 Å². The second kappa shape index (κ2) is 5.36. The van der Waals surface area contributed by atoms with Gasteiger partial charge < -0.3 is 20.0 Å². The first-order chi connectivity index (χ1) is 11.3. The van der Waals surface area contributed by atoms with E-state index < -0.39 is 22.8 Å². The summed E-state index contributed by atoms with van der Waals surface area (Å²) in [4.78, 5) is 32.1. The smallest absolute Gasteiger partial charge is 0.327 e. The molecule has 0 aliphatic carbocycles. The van der Waals surface area contributed by atoms with Crippen molar-refractivity contribution in [2.45, 2.75) is 79.9 Å². The number of β-lactam (4-membered cyclic amide) rings is 1. The summed E-state index contributed by atoms with van der Waals surface area (Å²) in [6.07, 6.45) is 5.21. The highest BCUT2D eigenvalue weighted by Gasteiger charge is 2.64. The van der Waals surface area contributed by atoms with Gasteiger partial charge >= 0.3 is 5.97 Å². The molecule has 0 aromatic heterocycles. The molecule has 4 heterocycles. The SMILES string of the molecule is CC1(C)S[C@@H]2[C@H](N=CN3[C@@H]4CC[C@H]3CC(O)C4)C(=O)N2[C@H]1C(=O)O. The van der Waals surface area contributed by atoms with E-state index in [0.29, 0.717) is 12.1 Å². The molecule has 0 radical (unpaired) electrons. The lowest BCUT2D eigenvalue weighted by atomic mass is 9.96. The standard InChI is InChI=1S/C16H23N3O4S/c1-16(2)12(15(22)23)19-13(21)11(14(19)24-16)17-7-18-8-3-4-9(18)6-10(20)5-8/h7-12,14,20H,3-6H2,1-2H3,(H,22,23)/t8-,9+,10?,11-,12+,14-/m1/s1. The maximum absolute atomic E-state index is 12.4. The van der Waals surface area contributed by atoms with Crippen LogP contribution in [0, 0.1) is 0 Å². The van der Waals surface area contributed by atoms with Crippen molar-refractivity contribution in [1.29, 1.82) is 0 Å². The molecule has 7 nitrogen and oxygen atoms in total. The van der Waals surface area contributed by atoms with Gasteiger partial charge in [0.2, 0.25) is 0 Å². The van der Waals surface area contributed by atoms with Crippen LogP contribution >= 0.6 is 11.8 Å². The molecule has 1 unspecified atom stereocenters. The summed E-state index contributed by atoms with van der Waals surface area (Å²) in [5, 5.41) is 19.1. The third-order valence-corrected chi connectivity index (χ3v) is 7.33. The number of aliphatic hydroxyl groups excluding tert-OH is 1. The zero-order valence-electron chi connectivity index (χ0n) is 13.8. The Morgan fingerprint density at radius 3 is 2.54 bits per heavy atom. The van der Waals surface area contributed by atoms with Crippen molar-refractivity contribution in [3.63, 3.8) is 0 Å². The second-order valence-corrected chi connectivity index (χ2v) is 9.54. The average molecular weight is 353 g/mol. The molecule has 0 spiro atoms. The zero-order valence-corrected chi connectivity index (χ0v) is 14.6. The molecule has 1 amide bonds. The summed E-state index contributed by atoms with van der Waals surface area (Å²) in [6.45, 7) is 3.74. The second-order valence-electron chi connectivity index (χ2n) is 7.76. The van der Waals surface area contributed by atoms with Crippen LogP contribution in [0.1, 0.15) is 39.5 Å². The van der Waals surface area contributed by atoms with Crippen molar-refractivity contribution in [3.8, 4) is 0 Å². The minimum Gasteiger partial charge on any atom is -0.480 e. The van der Waals surface area contributed by atoms with Crippen LogP contribution in [0.25, 0.3) is 0 Å². The summed E-state index contributed by atoms with van der Waals surface area (Å²) in [6, 6.07) is -0.640. The van der Waals surface area contributed by atoms with Gasteiger partial charge in [-0.1, -0.05) is 0 Å². The largest absolute Gasteiger partial charge is 0.480 e. The summed E-state index contributed by atoms with van der Waals surface area (Å²) >= 11 is 1.52. The van der Waals surface area contributed by atoms with Gasteiger partial charge in [-0.25, -0.2) is 4.79 Å². The number of amides is 1. The van der Waals surface area contributed by atoms with Crippen molar-refractivity contribution < 1.29 is 19.8 Å². The lowest BCUT2D eigenvalue weighted by molar-refractivity contribution is -0.158. The van der Waals surface area contributed by atoms with E-state index in [1.165, 1.54) is 16.7 Å². The Morgan fingerprint density at radius 1 is 1.33 bits per heavy atom. The van der Waals surface area contributed by atoms with Gasteiger partial charge in [0.15, 0.2) is 6.04 Å². The monoisotopic (exact) mass is 353 g/mol. The topological polar surface area (TPSA) is 93.4 Å². The van der Waals surface area contributed by atoms with Crippen LogP contribution in [0.3, 0.4) is 0 Å². The van der Waals surface area contributed by atoms with Crippen molar-refractivity contribution in [1.82, 2.24) is 9.80 Å². The Morgan fingerprint density at radius 2 is 1.96 bits per heavy atom. The number of aliphatic imine (C=N–C) groups is 1. The van der Waals surface area contributed by atoms with Crippen LogP contribution in [0.2, 0.25) is 0 Å². The molecule has 4 rings (SSSR count). The normalized spacial score (nSPS) is 43.2. The van der Waals surface area contributed by atoms with Crippen molar-refractivity contribution >= 4 is 30.0 Å². The molecule has 2 bridgehead atoms. The molecule has 4 fully saturated rings. The molecule has 6 atom stereocenters. The molecule has 24 heavy (non-hydrogen) atoms. The number of piperidine rings is 1. The number of aliphatic carboxylic acids is 1. The van der Waals surface area contributed by atoms with E-state index in [4.69, 9.17) is 0 Å². The van der Waals surface area contributed by atoms with Crippen LogP contribution in [-0.4, -0.2) is 78.6 Å². The van der Waals surface area contributed by atoms with Crippen molar-refractivity contribution in [2.24, 2.45) is 4.99 Å². The fraction of sp³-hybridized carbons (Fsp3) is 0.812. The molecule has 8 heteroatoms. The van der Waals surface area contributed by atoms with Gasteiger partial charge in [-0.3, -0.25) is 9.79 Å². The number of rotatable bonds is 3. The number of carbonyl (C=O) groups is 2. The number of nitrogens with zero attached hydrogens (tertiary/aromatic N) is 3. The van der Waals surface area contributed by atoms with Gasteiger partial charge in [-0.05, 0) is 39.5 Å². The van der Waals surface area contributed by atoms with Crippen LogP contribution in [0.15, 0.2) is 4.99 Å². The van der Waals surface area contributed by atoms with E-state index in [-0.39, 0.29) is 17.4 Å². The summed E-state index contributed by atoms with van der Waals surface area (Å²) < 4.78 is -0.509. The number of fused-ring (bicyclic) bond motifs is 3. The van der Waals surface area contributed by atoms with E-state index >= 15 is 0 Å². The number of carboxylic acid groups (broad SMARTS) is 1. The van der Waals surface area contributed by atoms with Crippen LogP contribution in [0.4, 0.5) is 0 Å². The van der Waals surface area contributed by atoms with Gasteiger partial charge in [0.25, 0.3) is 5.91 Å². The molecule has 132 valence electrons. The molecule has 2 N–H and O–H groups in total. The molecular weight excluding hydrogens is 330 g/mol. The van der Waals surface area contributed by atoms with Gasteiger partial charge in [-0.15, -0.1) is 11.8 Å². The van der Waals surface area contributed by atoms with Crippen LogP contribution in [-0.2, 0) is 9.59 Å². The van der Waals surface area contributed by atoms with Gasteiger partial charge in [0.1, 0.15) is 11.4 Å². The Bertz CT molecular complexity index is 596. The minimum absolute atomic E-state index is 0.183. The third-order valence-electron chi connectivity index (χ3n) is 5.77. The number of aliphatic hydroxyl groups is 1. The Balaban J connectivity index is 1.48. The summed E-state index contributed by atoms with van der Waals surface area (Å²) in [7, 11) is 0. The van der Waals surface area contributed by atoms with Gasteiger partial charge in [-0.2, -0.15) is 0 Å². The predicted octanol–water partition coefficient (Wildman–Crippen LogP) is 0.518. The fourth-order valence-electron chi connectivity index (χ4n) is 4.65. The number of hydrogen-bond donors (Lipinski definition) is 2. The lowest BCUT2D eigenvalue weighted by Crippen LogP contribution is -2.65. The highest BCUT2D eigenvalue weighted by Crippen LogP contribution is 2.51. The van der Waals surface area contributed by atoms with Crippen molar-refractivity contribution in [2.75, 3.05) is 0 Å². The highest BCUT2D eigenvalue weighted by atomic mass is 32.2. The third kappa shape index (κ3) is 2.26. The molecule has 0 aromatic rings. The average Bonchev–Trinajstić information content (AvgIpc) is 2.88. The van der Waals surface area contributed by atoms with Crippen molar-refractivity contribution in [3.05, 3.63) is 0 Å². The Kier molecular flexibility index (Phi) is 3.62. The first-order valence-corrected chi connectivity index (χ1v) is 9.39. The first-order valence-electron chi connectivity index (χ1n) is 8.51. The number of thioether (sulfide) groups is 1. The lowest BCUT2D eigenvalue weighted by Gasteiger charge is -2.42. The van der Waals surface area contributed by atoms with E-state index in [1.54, 1.807) is 6.34 Å². The number of carbonyl (C=O) groups excluding carboxylic acids is 1. The van der Waals surface area contributed by atoms with Gasteiger partial charge in [0, 0.05) is 16.8 Å². The van der Waals surface area contributed by atoms with E-state index in [2.05, 4.69) is 9.89 Å². The maximum Gasteiger partial charge on any atom is 0.327 e. The highest BCUT2D eigenvalue weighted by molar-refractivity contribution is 8.01. The molecule has 4 aliphatic rings. The minimum atomic E-state index is -0.950. The van der Waals surface area contributed by atoms with Crippen LogP contribution < -0.4 is 0 Å². The molecule has 0 saturated carbocycles. The maximum atomic E-state index is 12.4. The van der Waals surface area contributed by atoms with Crippen LogP contribution in [0.5, 0.6) is 0 Å². The summed E-state index contributed by atoms with van der Waals surface area (Å²) in [5.74, 6) is -1.14. The van der Waals surface area contributed by atoms with E-state index in [1.807, 2.05) is 13.8 Å². The predicted molar refractivity (Wildman–Crippen MR) is 89.9 cm³/mol. The molecular formula is C16H23N3O4S. The molecule has 0 aromatic carbocycles. The van der Waals surface area contributed by atoms with Gasteiger partial charge in [0.05, 0.1) is 12.4 Å². The number of hydrogen-bond acceptors (Lipinski definition) is 5. The Labute approximate surface area is 145 Å². The number of carboxylic acids is 1. The van der Waals surface area contributed by atoms with E-state index in [0.717, 1.165) is 25.7 Å². The Hall–Kier alpha value is -1.28. The molecule has 4 saturated heterocycles. The first kappa shape index (κ1) is 16.2. The zero-order chi connectivity index (χ0) is 17.2. The fourth-order valence-corrected chi connectivity index (χ4v) is 6.27. The summed E-state index contributed by atoms with van der Waals surface area (Å²) in [5.41, 5.74) is 0. The quantitative estimate of drug-likeness (QED) is 0.436. The molecule has 4 aliphatic heterocycles.